The Kier molecular flexibility index (Phi) is 3.46. The Hall–Kier alpha value is -2.12. The number of aromatic nitrogens is 2. The van der Waals surface area contributed by atoms with Gasteiger partial charge in [-0.3, -0.25) is 4.57 Å². The van der Waals surface area contributed by atoms with E-state index >= 15 is 0 Å². The molecule has 0 bridgehead atoms. The summed E-state index contributed by atoms with van der Waals surface area (Å²) in [4.78, 5) is 18.6. The highest BCUT2D eigenvalue weighted by Gasteiger charge is 2.20. The van der Waals surface area contributed by atoms with Gasteiger partial charge >= 0.3 is 5.76 Å². The first kappa shape index (κ1) is 14.5. The van der Waals surface area contributed by atoms with E-state index in [1.807, 2.05) is 23.6 Å². The number of morpholine rings is 1. The molecule has 0 N–H and O–H groups in total. The van der Waals surface area contributed by atoms with Crippen LogP contribution in [-0.2, 0) is 11.8 Å². The van der Waals surface area contributed by atoms with E-state index in [0.29, 0.717) is 5.58 Å². The highest BCUT2D eigenvalue weighted by Crippen LogP contribution is 2.30. The average molecular weight is 331 g/mol. The maximum absolute atomic E-state index is 11.6. The molecule has 1 fully saturated rings. The number of hydrogen-bond donors (Lipinski definition) is 0. The molecule has 0 radical (unpaired) electrons. The molecule has 1 aromatic carbocycles. The second kappa shape index (κ2) is 5.50. The smallest absolute Gasteiger partial charge is 0.408 e. The van der Waals surface area contributed by atoms with Gasteiger partial charge in [0.15, 0.2) is 10.7 Å². The van der Waals surface area contributed by atoms with Crippen molar-refractivity contribution in [3.63, 3.8) is 0 Å². The standard InChI is InChI=1S/C16H17N3O3S/c1-10-8-19(5-6-21-10)15-17-12(9-23-15)11-3-4-13-14(7-11)22-16(20)18(13)2/h3-4,7,9-10H,5-6,8H2,1-2H3. The van der Waals surface area contributed by atoms with Crippen molar-refractivity contribution in [2.75, 3.05) is 24.6 Å². The molecule has 3 heterocycles. The second-order valence-corrected chi connectivity index (χ2v) is 6.59. The molecular weight excluding hydrogens is 314 g/mol. The molecule has 0 aliphatic carbocycles. The number of oxazole rings is 1. The molecule has 1 unspecified atom stereocenters. The molecule has 2 aromatic heterocycles. The number of nitrogens with zero attached hydrogens (tertiary/aromatic N) is 3. The van der Waals surface area contributed by atoms with E-state index in [1.54, 1.807) is 18.4 Å². The van der Waals surface area contributed by atoms with E-state index in [1.165, 1.54) is 4.57 Å². The largest absolute Gasteiger partial charge is 0.419 e. The van der Waals surface area contributed by atoms with Crippen molar-refractivity contribution in [1.29, 1.82) is 0 Å². The summed E-state index contributed by atoms with van der Waals surface area (Å²) in [6.07, 6.45) is 0.228. The van der Waals surface area contributed by atoms with Crippen LogP contribution in [0.25, 0.3) is 22.4 Å². The first-order chi connectivity index (χ1) is 11.1. The third-order valence-electron chi connectivity index (χ3n) is 4.09. The summed E-state index contributed by atoms with van der Waals surface area (Å²) >= 11 is 1.63. The summed E-state index contributed by atoms with van der Waals surface area (Å²) in [5.74, 6) is -0.349. The average Bonchev–Trinajstić information content (AvgIpc) is 3.13. The SMILES string of the molecule is CC1CN(c2nc(-c3ccc4c(c3)oc(=O)n4C)cs2)CCO1. The predicted octanol–water partition coefficient (Wildman–Crippen LogP) is 2.48. The number of fused-ring (bicyclic) bond motifs is 1. The monoisotopic (exact) mass is 331 g/mol. The number of hydrogen-bond acceptors (Lipinski definition) is 6. The Bertz CT molecular complexity index is 911. The van der Waals surface area contributed by atoms with Crippen LogP contribution in [0.4, 0.5) is 5.13 Å². The molecule has 0 amide bonds. The molecular formula is C16H17N3O3S. The van der Waals surface area contributed by atoms with E-state index in [4.69, 9.17) is 14.1 Å². The zero-order valence-corrected chi connectivity index (χ0v) is 13.8. The third kappa shape index (κ3) is 2.55. The molecule has 3 aromatic rings. The first-order valence-electron chi connectivity index (χ1n) is 7.54. The van der Waals surface area contributed by atoms with Gasteiger partial charge in [-0.25, -0.2) is 9.78 Å². The minimum atomic E-state index is -0.349. The van der Waals surface area contributed by atoms with Crippen LogP contribution in [0.3, 0.4) is 0 Å². The fraction of sp³-hybridized carbons (Fsp3) is 0.375. The van der Waals surface area contributed by atoms with Gasteiger partial charge in [0.25, 0.3) is 0 Å². The van der Waals surface area contributed by atoms with E-state index < -0.39 is 0 Å². The number of rotatable bonds is 2. The second-order valence-electron chi connectivity index (χ2n) is 5.75. The Labute approximate surface area is 136 Å². The van der Waals surface area contributed by atoms with Crippen molar-refractivity contribution in [3.05, 3.63) is 34.1 Å². The van der Waals surface area contributed by atoms with Crippen LogP contribution in [0, 0.1) is 0 Å². The van der Waals surface area contributed by atoms with Crippen LogP contribution in [0.15, 0.2) is 32.8 Å². The maximum Gasteiger partial charge on any atom is 0.419 e. The van der Waals surface area contributed by atoms with Crippen LogP contribution in [0.2, 0.25) is 0 Å². The minimum Gasteiger partial charge on any atom is -0.408 e. The van der Waals surface area contributed by atoms with Gasteiger partial charge < -0.3 is 14.1 Å². The Balaban J connectivity index is 1.67. The van der Waals surface area contributed by atoms with E-state index in [9.17, 15) is 4.79 Å². The number of aryl methyl sites for hydroxylation is 1. The fourth-order valence-corrected chi connectivity index (χ4v) is 3.70. The molecule has 1 aliphatic rings. The summed E-state index contributed by atoms with van der Waals surface area (Å²) in [6, 6.07) is 5.74. The number of anilines is 1. The van der Waals surface area contributed by atoms with Crippen molar-refractivity contribution in [2.24, 2.45) is 7.05 Å². The lowest BCUT2D eigenvalue weighted by atomic mass is 10.1. The molecule has 6 nitrogen and oxygen atoms in total. The third-order valence-corrected chi connectivity index (χ3v) is 4.99. The summed E-state index contributed by atoms with van der Waals surface area (Å²) in [5, 5.41) is 3.04. The molecule has 1 saturated heterocycles. The van der Waals surface area contributed by atoms with Gasteiger partial charge in [0.2, 0.25) is 0 Å². The lowest BCUT2D eigenvalue weighted by Crippen LogP contribution is -2.41. The van der Waals surface area contributed by atoms with Gasteiger partial charge in [0.05, 0.1) is 23.9 Å². The zero-order chi connectivity index (χ0) is 16.0. The first-order valence-corrected chi connectivity index (χ1v) is 8.42. The Morgan fingerprint density at radius 3 is 3.09 bits per heavy atom. The molecule has 0 saturated carbocycles. The van der Waals surface area contributed by atoms with E-state index in [-0.39, 0.29) is 11.9 Å². The summed E-state index contributed by atoms with van der Waals surface area (Å²) in [5.41, 5.74) is 3.23. The zero-order valence-electron chi connectivity index (χ0n) is 13.0. The van der Waals surface area contributed by atoms with Crippen LogP contribution in [0.1, 0.15) is 6.92 Å². The van der Waals surface area contributed by atoms with Crippen LogP contribution in [0.5, 0.6) is 0 Å². The van der Waals surface area contributed by atoms with Gasteiger partial charge in [0.1, 0.15) is 0 Å². The number of thiazole rings is 1. The molecule has 0 spiro atoms. The van der Waals surface area contributed by atoms with Crippen molar-refractivity contribution in [1.82, 2.24) is 9.55 Å². The predicted molar refractivity (Wildman–Crippen MR) is 90.2 cm³/mol. The minimum absolute atomic E-state index is 0.228. The quantitative estimate of drug-likeness (QED) is 0.722. The van der Waals surface area contributed by atoms with Crippen molar-refractivity contribution in [3.8, 4) is 11.3 Å². The highest BCUT2D eigenvalue weighted by atomic mass is 32.1. The van der Waals surface area contributed by atoms with Crippen LogP contribution in [-0.4, -0.2) is 35.4 Å². The van der Waals surface area contributed by atoms with Crippen LogP contribution >= 0.6 is 11.3 Å². The topological polar surface area (TPSA) is 60.5 Å². The lowest BCUT2D eigenvalue weighted by Gasteiger charge is -2.30. The molecule has 1 aliphatic heterocycles. The van der Waals surface area contributed by atoms with Gasteiger partial charge in [-0.05, 0) is 19.1 Å². The molecule has 1 atom stereocenters. The summed E-state index contributed by atoms with van der Waals surface area (Å²) < 4.78 is 12.3. The molecule has 120 valence electrons. The summed E-state index contributed by atoms with van der Waals surface area (Å²) in [6.45, 7) is 4.53. The number of ether oxygens (including phenoxy) is 1. The Morgan fingerprint density at radius 1 is 1.39 bits per heavy atom. The van der Waals surface area contributed by atoms with Crippen molar-refractivity contribution < 1.29 is 9.15 Å². The lowest BCUT2D eigenvalue weighted by molar-refractivity contribution is 0.0532. The fourth-order valence-electron chi connectivity index (χ4n) is 2.83. The molecule has 4 rings (SSSR count). The van der Waals surface area contributed by atoms with Gasteiger partial charge in [-0.1, -0.05) is 6.07 Å². The Morgan fingerprint density at radius 2 is 2.26 bits per heavy atom. The van der Waals surface area contributed by atoms with Gasteiger partial charge in [0, 0.05) is 31.1 Å². The van der Waals surface area contributed by atoms with Crippen molar-refractivity contribution >= 4 is 27.6 Å². The normalized spacial score (nSPS) is 18.7. The molecule has 23 heavy (non-hydrogen) atoms. The highest BCUT2D eigenvalue weighted by molar-refractivity contribution is 7.14. The summed E-state index contributed by atoms with van der Waals surface area (Å²) in [7, 11) is 1.70. The van der Waals surface area contributed by atoms with E-state index in [0.717, 1.165) is 41.6 Å². The number of benzene rings is 1. The maximum atomic E-state index is 11.6. The molecule has 7 heteroatoms. The van der Waals surface area contributed by atoms with E-state index in [2.05, 4.69) is 11.8 Å². The van der Waals surface area contributed by atoms with Gasteiger partial charge in [-0.15, -0.1) is 11.3 Å². The van der Waals surface area contributed by atoms with Crippen LogP contribution < -0.4 is 10.7 Å². The van der Waals surface area contributed by atoms with Crippen molar-refractivity contribution in [2.45, 2.75) is 13.0 Å². The van der Waals surface area contributed by atoms with Gasteiger partial charge in [-0.2, -0.15) is 0 Å².